The maximum absolute atomic E-state index is 10.7. The van der Waals surface area contributed by atoms with Crippen LogP contribution in [-0.4, -0.2) is 5.24 Å². The maximum atomic E-state index is 10.7. The molecule has 0 saturated carbocycles. The maximum Gasteiger partial charge on any atom is 0.244 e. The first-order chi connectivity index (χ1) is 5.61. The van der Waals surface area contributed by atoms with E-state index in [-0.39, 0.29) is 0 Å². The number of halogens is 2. The molecule has 0 aliphatic heterocycles. The van der Waals surface area contributed by atoms with Gasteiger partial charge in [-0.2, -0.15) is 0 Å². The van der Waals surface area contributed by atoms with E-state index in [1.807, 2.05) is 25.1 Å². The summed E-state index contributed by atoms with van der Waals surface area (Å²) in [5.74, 6) is 0. The van der Waals surface area contributed by atoms with E-state index in [1.165, 1.54) is 0 Å². The molecule has 1 aromatic rings. The van der Waals surface area contributed by atoms with Gasteiger partial charge in [-0.1, -0.05) is 29.8 Å². The lowest BCUT2D eigenvalue weighted by molar-refractivity contribution is -0.111. The number of hydrogen-bond acceptors (Lipinski definition) is 1. The monoisotopic (exact) mass is 202 g/mol. The second-order valence-corrected chi connectivity index (χ2v) is 3.39. The fraction of sp³-hybridized carbons (Fsp3) is 0.222. The van der Waals surface area contributed by atoms with Gasteiger partial charge >= 0.3 is 0 Å². The molecule has 1 nitrogen and oxygen atoms in total. The predicted octanol–water partition coefficient (Wildman–Crippen LogP) is 3.04. The third kappa shape index (κ3) is 2.23. The van der Waals surface area contributed by atoms with Gasteiger partial charge in [0.15, 0.2) is 0 Å². The summed E-state index contributed by atoms with van der Waals surface area (Å²) in [6, 6.07) is 7.41. The largest absolute Gasteiger partial charge is 0.279 e. The molecule has 64 valence electrons. The summed E-state index contributed by atoms with van der Waals surface area (Å²) in [5.41, 5.74) is 1.81. The topological polar surface area (TPSA) is 17.1 Å². The van der Waals surface area contributed by atoms with Gasteiger partial charge < -0.3 is 0 Å². The normalized spacial score (nSPS) is 12.6. The quantitative estimate of drug-likeness (QED) is 0.533. The highest BCUT2D eigenvalue weighted by atomic mass is 35.5. The summed E-state index contributed by atoms with van der Waals surface area (Å²) in [5, 5.41) is -1.27. The zero-order valence-corrected chi connectivity index (χ0v) is 8.06. The van der Waals surface area contributed by atoms with E-state index in [1.54, 1.807) is 6.07 Å². The molecule has 0 aromatic heterocycles. The number of alkyl halides is 1. The van der Waals surface area contributed by atoms with Crippen LogP contribution >= 0.6 is 23.2 Å². The summed E-state index contributed by atoms with van der Waals surface area (Å²) in [6.07, 6.45) is 0. The summed E-state index contributed by atoms with van der Waals surface area (Å²) < 4.78 is 0. The van der Waals surface area contributed by atoms with E-state index >= 15 is 0 Å². The summed E-state index contributed by atoms with van der Waals surface area (Å²) in [6.45, 7) is 1.94. The molecule has 1 aromatic carbocycles. The van der Waals surface area contributed by atoms with E-state index in [0.29, 0.717) is 0 Å². The molecule has 12 heavy (non-hydrogen) atoms. The predicted molar refractivity (Wildman–Crippen MR) is 50.6 cm³/mol. The lowest BCUT2D eigenvalue weighted by Crippen LogP contribution is -1.98. The van der Waals surface area contributed by atoms with Crippen molar-refractivity contribution in [3.8, 4) is 0 Å². The summed E-state index contributed by atoms with van der Waals surface area (Å²) in [4.78, 5) is 10.7. The number of hydrogen-bond donors (Lipinski definition) is 0. The molecule has 0 fully saturated rings. The van der Waals surface area contributed by atoms with Crippen molar-refractivity contribution in [2.45, 2.75) is 12.3 Å². The Morgan fingerprint density at radius 1 is 1.50 bits per heavy atom. The minimum Gasteiger partial charge on any atom is -0.279 e. The number of benzene rings is 1. The van der Waals surface area contributed by atoms with E-state index < -0.39 is 10.6 Å². The zero-order chi connectivity index (χ0) is 9.14. The molecular formula is C9H8Cl2O. The average Bonchev–Trinajstić information content (AvgIpc) is 2.03. The average molecular weight is 203 g/mol. The third-order valence-electron chi connectivity index (χ3n) is 1.53. The first kappa shape index (κ1) is 9.56. The summed E-state index contributed by atoms with van der Waals surface area (Å²) in [7, 11) is 0. The van der Waals surface area contributed by atoms with Crippen LogP contribution in [0, 0.1) is 6.92 Å². The van der Waals surface area contributed by atoms with Crippen LogP contribution in [0.5, 0.6) is 0 Å². The van der Waals surface area contributed by atoms with Crippen LogP contribution in [0.15, 0.2) is 24.3 Å². The fourth-order valence-electron chi connectivity index (χ4n) is 0.959. The number of carbonyl (C=O) groups is 1. The van der Waals surface area contributed by atoms with Gasteiger partial charge in [-0.15, -0.1) is 11.6 Å². The number of aryl methyl sites for hydroxylation is 1. The standard InChI is InChI=1S/C9H8Cl2O/c1-6-3-2-4-7(5-6)8(10)9(11)12/h2-5,8H,1H3. The third-order valence-corrected chi connectivity index (χ3v) is 2.31. The lowest BCUT2D eigenvalue weighted by atomic mass is 10.1. The van der Waals surface area contributed by atoms with Crippen LogP contribution in [0.1, 0.15) is 16.5 Å². The molecule has 0 N–H and O–H groups in total. The molecule has 0 amide bonds. The SMILES string of the molecule is Cc1cccc(C(Cl)C(=O)Cl)c1. The van der Waals surface area contributed by atoms with Gasteiger partial charge in [0.1, 0.15) is 5.38 Å². The molecule has 0 aliphatic carbocycles. The Bertz CT molecular complexity index is 296. The number of carbonyl (C=O) groups excluding carboxylic acids is 1. The Labute approximate surface area is 81.3 Å². The van der Waals surface area contributed by atoms with E-state index in [4.69, 9.17) is 23.2 Å². The van der Waals surface area contributed by atoms with Crippen LogP contribution in [0.3, 0.4) is 0 Å². The van der Waals surface area contributed by atoms with E-state index in [9.17, 15) is 4.79 Å². The van der Waals surface area contributed by atoms with Crippen LogP contribution in [-0.2, 0) is 4.79 Å². The molecule has 0 aliphatic rings. The van der Waals surface area contributed by atoms with Crippen LogP contribution < -0.4 is 0 Å². The van der Waals surface area contributed by atoms with E-state index in [0.717, 1.165) is 11.1 Å². The molecule has 0 bridgehead atoms. The first-order valence-corrected chi connectivity index (χ1v) is 4.32. The van der Waals surface area contributed by atoms with Gasteiger partial charge in [-0.05, 0) is 24.1 Å². The molecule has 0 radical (unpaired) electrons. The fourth-order valence-corrected chi connectivity index (χ4v) is 1.22. The van der Waals surface area contributed by atoms with Gasteiger partial charge in [0.2, 0.25) is 5.24 Å². The summed E-state index contributed by atoms with van der Waals surface area (Å²) >= 11 is 11.0. The van der Waals surface area contributed by atoms with Crippen molar-refractivity contribution in [3.63, 3.8) is 0 Å². The number of rotatable bonds is 2. The molecule has 1 atom stereocenters. The molecular weight excluding hydrogens is 195 g/mol. The van der Waals surface area contributed by atoms with Crippen molar-refractivity contribution in [1.29, 1.82) is 0 Å². The van der Waals surface area contributed by atoms with Crippen LogP contribution in [0.4, 0.5) is 0 Å². The highest BCUT2D eigenvalue weighted by Gasteiger charge is 2.14. The Hall–Kier alpha value is -0.530. The second kappa shape index (κ2) is 3.92. The molecule has 0 spiro atoms. The van der Waals surface area contributed by atoms with Crippen LogP contribution in [0.25, 0.3) is 0 Å². The minimum absolute atomic E-state index is 0.540. The Balaban J connectivity index is 2.95. The van der Waals surface area contributed by atoms with Crippen molar-refractivity contribution in [3.05, 3.63) is 35.4 Å². The Kier molecular flexibility index (Phi) is 3.12. The van der Waals surface area contributed by atoms with Gasteiger partial charge in [0.25, 0.3) is 0 Å². The van der Waals surface area contributed by atoms with Crippen molar-refractivity contribution in [1.82, 2.24) is 0 Å². The van der Waals surface area contributed by atoms with Gasteiger partial charge in [-0.25, -0.2) is 0 Å². The Morgan fingerprint density at radius 3 is 2.67 bits per heavy atom. The smallest absolute Gasteiger partial charge is 0.244 e. The van der Waals surface area contributed by atoms with Crippen molar-refractivity contribution in [2.24, 2.45) is 0 Å². The molecule has 1 rings (SSSR count). The lowest BCUT2D eigenvalue weighted by Gasteiger charge is -2.04. The van der Waals surface area contributed by atoms with Gasteiger partial charge in [0, 0.05) is 0 Å². The van der Waals surface area contributed by atoms with Crippen LogP contribution in [0.2, 0.25) is 0 Å². The van der Waals surface area contributed by atoms with Gasteiger partial charge in [-0.3, -0.25) is 4.79 Å². The highest BCUT2D eigenvalue weighted by molar-refractivity contribution is 6.68. The van der Waals surface area contributed by atoms with Crippen molar-refractivity contribution < 1.29 is 4.79 Å². The highest BCUT2D eigenvalue weighted by Crippen LogP contribution is 2.23. The first-order valence-electron chi connectivity index (χ1n) is 3.51. The molecule has 0 saturated heterocycles. The molecule has 3 heteroatoms. The van der Waals surface area contributed by atoms with Gasteiger partial charge in [0.05, 0.1) is 0 Å². The molecule has 1 unspecified atom stereocenters. The van der Waals surface area contributed by atoms with Crippen molar-refractivity contribution >= 4 is 28.4 Å². The zero-order valence-electron chi connectivity index (χ0n) is 6.55. The Morgan fingerprint density at radius 2 is 2.17 bits per heavy atom. The molecule has 0 heterocycles. The van der Waals surface area contributed by atoms with E-state index in [2.05, 4.69) is 0 Å². The van der Waals surface area contributed by atoms with Crippen molar-refractivity contribution in [2.75, 3.05) is 0 Å². The second-order valence-electron chi connectivity index (χ2n) is 2.58. The minimum atomic E-state index is -0.730.